The molecule has 1 aromatic heterocycles. The molecule has 0 amide bonds. The predicted molar refractivity (Wildman–Crippen MR) is 69.6 cm³/mol. The number of carbonyl (C=O) groups is 2. The number of Topliss-reactive ketones (excluding diaryl/α,β-unsaturated/α-hetero) is 1. The number of carboxylic acid groups (broad SMARTS) is 1. The first-order valence-corrected chi connectivity index (χ1v) is 6.82. The van der Waals surface area contributed by atoms with E-state index in [1.54, 1.807) is 0 Å². The zero-order chi connectivity index (χ0) is 13.3. The van der Waals surface area contributed by atoms with E-state index in [1.807, 2.05) is 0 Å². The molecule has 1 saturated carbocycles. The summed E-state index contributed by atoms with van der Waals surface area (Å²) in [6.07, 6.45) is 4.30. The molecule has 0 atom stereocenters. The molecule has 1 aromatic rings. The number of hydrogen-bond acceptors (Lipinski definition) is 5. The summed E-state index contributed by atoms with van der Waals surface area (Å²) in [7, 11) is 0. The molecule has 98 valence electrons. The number of aromatic carboxylic acids is 1. The van der Waals surface area contributed by atoms with E-state index in [-0.39, 0.29) is 21.9 Å². The lowest BCUT2D eigenvalue weighted by Gasteiger charge is -2.41. The van der Waals surface area contributed by atoms with Gasteiger partial charge in [-0.25, -0.2) is 9.78 Å². The zero-order valence-electron chi connectivity index (χ0n) is 10.4. The summed E-state index contributed by atoms with van der Waals surface area (Å²) in [5.74, 6) is -1.40. The Hall–Kier alpha value is -1.43. The van der Waals surface area contributed by atoms with Gasteiger partial charge in [0.15, 0.2) is 16.6 Å². The molecule has 1 heterocycles. The summed E-state index contributed by atoms with van der Waals surface area (Å²) < 4.78 is 0. The fourth-order valence-electron chi connectivity index (χ4n) is 2.15. The van der Waals surface area contributed by atoms with Crippen LogP contribution >= 0.6 is 11.3 Å². The van der Waals surface area contributed by atoms with Crippen molar-refractivity contribution in [3.05, 3.63) is 10.6 Å². The maximum atomic E-state index is 11.4. The Kier molecular flexibility index (Phi) is 3.38. The van der Waals surface area contributed by atoms with E-state index in [1.165, 1.54) is 13.3 Å². The molecule has 0 saturated heterocycles. The summed E-state index contributed by atoms with van der Waals surface area (Å²) in [5.41, 5.74) is -0.0950. The van der Waals surface area contributed by atoms with Gasteiger partial charge in [-0.2, -0.15) is 0 Å². The Morgan fingerprint density at radius 1 is 1.50 bits per heavy atom. The van der Waals surface area contributed by atoms with E-state index in [9.17, 15) is 9.59 Å². The van der Waals surface area contributed by atoms with Crippen molar-refractivity contribution in [2.45, 2.75) is 45.1 Å². The van der Waals surface area contributed by atoms with Crippen LogP contribution in [0.25, 0.3) is 0 Å². The van der Waals surface area contributed by atoms with Gasteiger partial charge in [-0.3, -0.25) is 4.79 Å². The molecule has 1 aliphatic rings. The van der Waals surface area contributed by atoms with Crippen molar-refractivity contribution >= 4 is 28.2 Å². The van der Waals surface area contributed by atoms with Gasteiger partial charge < -0.3 is 10.4 Å². The minimum atomic E-state index is -1.15. The highest BCUT2D eigenvalue weighted by Gasteiger charge is 2.36. The Balaban J connectivity index is 2.27. The Bertz CT molecular complexity index is 455. The van der Waals surface area contributed by atoms with Gasteiger partial charge >= 0.3 is 5.97 Å². The highest BCUT2D eigenvalue weighted by molar-refractivity contribution is 7.17. The van der Waals surface area contributed by atoms with Crippen LogP contribution < -0.4 is 5.32 Å². The number of thiazole rings is 1. The van der Waals surface area contributed by atoms with Crippen molar-refractivity contribution in [3.63, 3.8) is 0 Å². The first-order chi connectivity index (χ1) is 8.47. The van der Waals surface area contributed by atoms with Gasteiger partial charge in [-0.1, -0.05) is 18.3 Å². The number of aromatic nitrogens is 1. The number of anilines is 1. The predicted octanol–water partition coefficient (Wildman–Crippen LogP) is 2.79. The molecule has 0 spiro atoms. The van der Waals surface area contributed by atoms with Gasteiger partial charge in [0.25, 0.3) is 0 Å². The second-order valence-electron chi connectivity index (χ2n) is 4.67. The molecule has 5 nitrogen and oxygen atoms in total. The Morgan fingerprint density at radius 2 is 2.17 bits per heavy atom. The molecule has 1 fully saturated rings. The van der Waals surface area contributed by atoms with Crippen LogP contribution in [0, 0.1) is 0 Å². The van der Waals surface area contributed by atoms with Crippen LogP contribution in [-0.4, -0.2) is 27.4 Å². The van der Waals surface area contributed by atoms with Gasteiger partial charge in [0.05, 0.1) is 0 Å². The largest absolute Gasteiger partial charge is 0.476 e. The molecule has 0 aromatic carbocycles. The van der Waals surface area contributed by atoms with E-state index < -0.39 is 5.97 Å². The third-order valence-electron chi connectivity index (χ3n) is 3.51. The van der Waals surface area contributed by atoms with Crippen LogP contribution in [0.15, 0.2) is 0 Å². The van der Waals surface area contributed by atoms with Gasteiger partial charge in [0.1, 0.15) is 4.88 Å². The number of hydrogen-bond donors (Lipinski definition) is 2. The van der Waals surface area contributed by atoms with Crippen LogP contribution in [0.1, 0.15) is 59.7 Å². The zero-order valence-corrected chi connectivity index (χ0v) is 11.3. The molecule has 0 radical (unpaired) electrons. The van der Waals surface area contributed by atoms with Crippen LogP contribution in [0.3, 0.4) is 0 Å². The van der Waals surface area contributed by atoms with E-state index in [0.717, 1.165) is 30.6 Å². The van der Waals surface area contributed by atoms with Crippen molar-refractivity contribution in [2.24, 2.45) is 0 Å². The summed E-state index contributed by atoms with van der Waals surface area (Å²) in [4.78, 5) is 26.7. The molecular formula is C12H16N2O3S. The summed E-state index contributed by atoms with van der Waals surface area (Å²) in [5, 5.41) is 12.9. The fourth-order valence-corrected chi connectivity index (χ4v) is 3.13. The van der Waals surface area contributed by atoms with Crippen molar-refractivity contribution in [2.75, 3.05) is 5.32 Å². The average molecular weight is 268 g/mol. The Morgan fingerprint density at radius 3 is 2.50 bits per heavy atom. The van der Waals surface area contributed by atoms with Gasteiger partial charge in [-0.15, -0.1) is 0 Å². The smallest absolute Gasteiger partial charge is 0.356 e. The van der Waals surface area contributed by atoms with Crippen molar-refractivity contribution < 1.29 is 14.7 Å². The third kappa shape index (κ3) is 2.25. The normalized spacial score (nSPS) is 17.0. The van der Waals surface area contributed by atoms with E-state index in [4.69, 9.17) is 5.11 Å². The van der Waals surface area contributed by atoms with E-state index >= 15 is 0 Å². The number of nitrogens with one attached hydrogen (secondary N) is 1. The maximum Gasteiger partial charge on any atom is 0.356 e. The molecule has 18 heavy (non-hydrogen) atoms. The highest BCUT2D eigenvalue weighted by Crippen LogP contribution is 2.39. The molecule has 2 rings (SSSR count). The minimum Gasteiger partial charge on any atom is -0.476 e. The Labute approximate surface area is 109 Å². The number of ketones is 1. The number of nitrogens with zero attached hydrogens (tertiary/aromatic N) is 1. The van der Waals surface area contributed by atoms with Gasteiger partial charge in [0.2, 0.25) is 0 Å². The lowest BCUT2D eigenvalue weighted by atomic mass is 9.75. The van der Waals surface area contributed by atoms with Crippen LogP contribution in [0.5, 0.6) is 0 Å². The maximum absolute atomic E-state index is 11.4. The van der Waals surface area contributed by atoms with Gasteiger partial charge in [0, 0.05) is 12.5 Å². The van der Waals surface area contributed by atoms with E-state index in [2.05, 4.69) is 17.2 Å². The SMILES string of the molecule is CCC1(Nc2nc(C(=O)O)c(C(C)=O)s2)CCC1. The first-order valence-electron chi connectivity index (χ1n) is 6.01. The first kappa shape index (κ1) is 13.0. The van der Waals surface area contributed by atoms with Gasteiger partial charge in [-0.05, 0) is 25.7 Å². The number of carboxylic acids is 1. The topological polar surface area (TPSA) is 79.3 Å². The number of carbonyl (C=O) groups excluding carboxylic acids is 1. The standard InChI is InChI=1S/C12H16N2O3S/c1-3-12(5-4-6-12)14-11-13-8(10(16)17)9(18-11)7(2)15/h3-6H2,1-2H3,(H,13,14)(H,16,17). The summed E-state index contributed by atoms with van der Waals surface area (Å²) in [6, 6.07) is 0. The monoisotopic (exact) mass is 268 g/mol. The fraction of sp³-hybridized carbons (Fsp3) is 0.583. The van der Waals surface area contributed by atoms with Crippen molar-refractivity contribution in [3.8, 4) is 0 Å². The molecule has 1 aliphatic carbocycles. The van der Waals surface area contributed by atoms with Crippen LogP contribution in [-0.2, 0) is 0 Å². The van der Waals surface area contributed by atoms with Crippen LogP contribution in [0.4, 0.5) is 5.13 Å². The molecule has 0 bridgehead atoms. The summed E-state index contributed by atoms with van der Waals surface area (Å²) in [6.45, 7) is 3.46. The second-order valence-corrected chi connectivity index (χ2v) is 5.67. The molecular weight excluding hydrogens is 252 g/mol. The lowest BCUT2D eigenvalue weighted by molar-refractivity contribution is 0.0687. The van der Waals surface area contributed by atoms with Crippen molar-refractivity contribution in [1.29, 1.82) is 0 Å². The molecule has 6 heteroatoms. The highest BCUT2D eigenvalue weighted by atomic mass is 32.1. The van der Waals surface area contributed by atoms with Crippen LogP contribution in [0.2, 0.25) is 0 Å². The average Bonchev–Trinajstić information content (AvgIpc) is 2.67. The number of rotatable bonds is 5. The molecule has 0 aliphatic heterocycles. The molecule has 0 unspecified atom stereocenters. The summed E-state index contributed by atoms with van der Waals surface area (Å²) >= 11 is 1.13. The second kappa shape index (κ2) is 4.68. The minimum absolute atomic E-state index is 0.0433. The quantitative estimate of drug-likeness (QED) is 0.803. The third-order valence-corrected chi connectivity index (χ3v) is 4.58. The van der Waals surface area contributed by atoms with E-state index in [0.29, 0.717) is 5.13 Å². The van der Waals surface area contributed by atoms with Crippen molar-refractivity contribution in [1.82, 2.24) is 4.98 Å². The molecule has 2 N–H and O–H groups in total. The lowest BCUT2D eigenvalue weighted by Crippen LogP contribution is -2.44.